The van der Waals surface area contributed by atoms with Gasteiger partial charge in [0.2, 0.25) is 0 Å². The first-order valence-corrected chi connectivity index (χ1v) is 14.0. The number of benzene rings is 2. The fraction of sp³-hybridized carbons (Fsp3) is 0.531. The molecule has 0 radical (unpaired) electrons. The average molecular weight is 511 g/mol. The molecule has 1 aliphatic carbocycles. The number of nitriles is 1. The van der Waals surface area contributed by atoms with E-state index in [4.69, 9.17) is 11.3 Å². The van der Waals surface area contributed by atoms with Gasteiger partial charge in [-0.2, -0.15) is 5.26 Å². The quantitative estimate of drug-likeness (QED) is 0.343. The minimum Gasteiger partial charge on any atom is -0.462 e. The number of ether oxygens (including phenoxy) is 1. The third-order valence-electron chi connectivity index (χ3n) is 9.08. The lowest BCUT2D eigenvalue weighted by atomic mass is 9.59. The van der Waals surface area contributed by atoms with Gasteiger partial charge in [-0.3, -0.25) is 4.79 Å². The van der Waals surface area contributed by atoms with Crippen LogP contribution in [0.5, 0.6) is 0 Å². The van der Waals surface area contributed by atoms with Crippen molar-refractivity contribution in [3.63, 3.8) is 0 Å². The molecule has 2 aromatic rings. The zero-order valence-corrected chi connectivity index (χ0v) is 22.6. The number of likely N-dealkylation sites (tertiary alicyclic amines) is 1. The minimum atomic E-state index is -0.639. The maximum Gasteiger partial charge on any atom is 0.302 e. The first-order chi connectivity index (χ1) is 18.4. The molecule has 1 unspecified atom stereocenters. The highest BCUT2D eigenvalue weighted by Gasteiger charge is 2.53. The standard InChI is InChI=1S/C32H38N4O2/c1-23-6-4-7-27(18-23)32(22-33,30-8-5-9-31(30)38-24(2)37)26-14-16-35(17-15-26)19-25-20-36(21-25)29-12-10-28(34-3)11-13-29/h4,6-7,10-13,18,25-26,30-31H,5,8-9,14-17,19-21H2,1-2H3/t30-,31-,32?/m0/s1. The predicted molar refractivity (Wildman–Crippen MR) is 149 cm³/mol. The van der Waals surface area contributed by atoms with Gasteiger partial charge in [-0.1, -0.05) is 42.0 Å². The Morgan fingerprint density at radius 1 is 1.13 bits per heavy atom. The SMILES string of the molecule is [C-]#[N+]c1ccc(N2CC(CN3CCC(C(C#N)(c4cccc(C)c4)[C@H]4CCC[C@@H]4OC(C)=O)CC3)C2)cc1. The highest BCUT2D eigenvalue weighted by atomic mass is 16.5. The van der Waals surface area contributed by atoms with Crippen molar-refractivity contribution in [2.45, 2.75) is 57.5 Å². The van der Waals surface area contributed by atoms with Gasteiger partial charge in [0.05, 0.1) is 18.1 Å². The molecule has 3 aliphatic rings. The molecule has 5 rings (SSSR count). The maximum absolute atomic E-state index is 11.9. The lowest BCUT2D eigenvalue weighted by molar-refractivity contribution is -0.149. The van der Waals surface area contributed by atoms with E-state index in [2.05, 4.69) is 51.9 Å². The van der Waals surface area contributed by atoms with Crippen LogP contribution in [0.4, 0.5) is 11.4 Å². The van der Waals surface area contributed by atoms with Crippen molar-refractivity contribution < 1.29 is 9.53 Å². The molecule has 2 saturated heterocycles. The number of nitrogens with zero attached hydrogens (tertiary/aromatic N) is 4. The van der Waals surface area contributed by atoms with Crippen molar-refractivity contribution in [2.24, 2.45) is 17.8 Å². The monoisotopic (exact) mass is 510 g/mol. The van der Waals surface area contributed by atoms with Gasteiger partial charge in [0, 0.05) is 44.1 Å². The second-order valence-corrected chi connectivity index (χ2v) is 11.5. The molecule has 3 fully saturated rings. The number of esters is 1. The topological polar surface area (TPSA) is 60.9 Å². The molecule has 198 valence electrons. The molecule has 1 saturated carbocycles. The van der Waals surface area contributed by atoms with E-state index in [-0.39, 0.29) is 23.9 Å². The van der Waals surface area contributed by atoms with Crippen molar-refractivity contribution in [1.29, 1.82) is 5.26 Å². The van der Waals surface area contributed by atoms with E-state index in [0.29, 0.717) is 11.6 Å². The lowest BCUT2D eigenvalue weighted by Crippen LogP contribution is -2.54. The first kappa shape index (κ1) is 26.3. The summed E-state index contributed by atoms with van der Waals surface area (Å²) in [5.74, 6) is 0.673. The smallest absolute Gasteiger partial charge is 0.302 e. The number of rotatable bonds is 7. The Hall–Kier alpha value is -3.35. The number of carbonyl (C=O) groups is 1. The Balaban J connectivity index is 1.26. The van der Waals surface area contributed by atoms with E-state index in [1.807, 2.05) is 24.3 Å². The minimum absolute atomic E-state index is 0.0316. The number of carbonyl (C=O) groups excluding carboxylic acids is 1. The van der Waals surface area contributed by atoms with Crippen LogP contribution in [0.1, 0.15) is 50.2 Å². The van der Waals surface area contributed by atoms with Gasteiger partial charge in [-0.15, -0.1) is 0 Å². The van der Waals surface area contributed by atoms with E-state index < -0.39 is 5.41 Å². The largest absolute Gasteiger partial charge is 0.462 e. The fourth-order valence-corrected chi connectivity index (χ4v) is 7.26. The molecule has 38 heavy (non-hydrogen) atoms. The van der Waals surface area contributed by atoms with Crippen LogP contribution in [0, 0.1) is 42.6 Å². The van der Waals surface area contributed by atoms with Gasteiger partial charge in [-0.05, 0) is 75.7 Å². The second kappa shape index (κ2) is 11.2. The number of hydrogen-bond donors (Lipinski definition) is 0. The van der Waals surface area contributed by atoms with Gasteiger partial charge in [-0.25, -0.2) is 4.85 Å². The van der Waals surface area contributed by atoms with Crippen LogP contribution in [0.2, 0.25) is 0 Å². The Kier molecular flexibility index (Phi) is 7.73. The third kappa shape index (κ3) is 5.16. The predicted octanol–water partition coefficient (Wildman–Crippen LogP) is 5.89. The summed E-state index contributed by atoms with van der Waals surface area (Å²) in [6.45, 7) is 15.9. The van der Waals surface area contributed by atoms with E-state index in [9.17, 15) is 10.1 Å². The average Bonchev–Trinajstić information content (AvgIpc) is 3.35. The lowest BCUT2D eigenvalue weighted by Gasteiger charge is -2.48. The normalized spacial score (nSPS) is 24.2. The molecule has 2 aliphatic heterocycles. The van der Waals surface area contributed by atoms with Crippen LogP contribution in [0.15, 0.2) is 48.5 Å². The van der Waals surface area contributed by atoms with Crippen molar-refractivity contribution in [1.82, 2.24) is 4.90 Å². The van der Waals surface area contributed by atoms with E-state index in [1.54, 1.807) is 0 Å². The molecule has 0 spiro atoms. The summed E-state index contributed by atoms with van der Waals surface area (Å²) >= 11 is 0. The van der Waals surface area contributed by atoms with Crippen LogP contribution in [-0.4, -0.2) is 49.7 Å². The summed E-state index contributed by atoms with van der Waals surface area (Å²) in [5.41, 5.74) is 3.51. The van der Waals surface area contributed by atoms with Crippen LogP contribution in [-0.2, 0) is 14.9 Å². The van der Waals surface area contributed by atoms with E-state index in [1.165, 1.54) is 18.2 Å². The zero-order chi connectivity index (χ0) is 26.7. The molecule has 0 aromatic heterocycles. The van der Waals surface area contributed by atoms with Crippen LogP contribution in [0.25, 0.3) is 4.85 Å². The molecule has 3 atom stereocenters. The fourth-order valence-electron chi connectivity index (χ4n) is 7.26. The third-order valence-corrected chi connectivity index (χ3v) is 9.08. The Bertz CT molecular complexity index is 1220. The second-order valence-electron chi connectivity index (χ2n) is 11.5. The van der Waals surface area contributed by atoms with E-state index in [0.717, 1.165) is 70.4 Å². The van der Waals surface area contributed by atoms with Gasteiger partial charge in [0.1, 0.15) is 6.10 Å². The molecular formula is C32H38N4O2. The Morgan fingerprint density at radius 2 is 1.87 bits per heavy atom. The van der Waals surface area contributed by atoms with Crippen LogP contribution in [0.3, 0.4) is 0 Å². The summed E-state index contributed by atoms with van der Waals surface area (Å²) in [6.07, 6.45) is 4.55. The highest BCUT2D eigenvalue weighted by molar-refractivity contribution is 5.66. The Morgan fingerprint density at radius 3 is 2.50 bits per heavy atom. The zero-order valence-electron chi connectivity index (χ0n) is 22.6. The van der Waals surface area contributed by atoms with Crippen LogP contribution < -0.4 is 4.90 Å². The summed E-state index contributed by atoms with van der Waals surface area (Å²) in [7, 11) is 0. The molecular weight excluding hydrogens is 472 g/mol. The van der Waals surface area contributed by atoms with Crippen molar-refractivity contribution in [3.05, 3.63) is 71.1 Å². The number of piperidine rings is 1. The maximum atomic E-state index is 11.9. The molecule has 6 nitrogen and oxygen atoms in total. The molecule has 0 amide bonds. The first-order valence-electron chi connectivity index (χ1n) is 14.0. The number of anilines is 1. The summed E-state index contributed by atoms with van der Waals surface area (Å²) in [6, 6.07) is 19.2. The van der Waals surface area contributed by atoms with Gasteiger partial charge < -0.3 is 14.5 Å². The van der Waals surface area contributed by atoms with Crippen LogP contribution >= 0.6 is 0 Å². The van der Waals surface area contributed by atoms with Gasteiger partial charge in [0.25, 0.3) is 0 Å². The molecule has 2 aromatic carbocycles. The van der Waals surface area contributed by atoms with Gasteiger partial charge >= 0.3 is 5.97 Å². The molecule has 0 bridgehead atoms. The molecule has 6 heteroatoms. The van der Waals surface area contributed by atoms with E-state index >= 15 is 0 Å². The van der Waals surface area contributed by atoms with Crippen molar-refractivity contribution in [2.75, 3.05) is 37.6 Å². The van der Waals surface area contributed by atoms with Crippen molar-refractivity contribution >= 4 is 17.3 Å². The summed E-state index contributed by atoms with van der Waals surface area (Å²) in [4.78, 5) is 20.4. The van der Waals surface area contributed by atoms with Crippen molar-refractivity contribution in [3.8, 4) is 6.07 Å². The summed E-state index contributed by atoms with van der Waals surface area (Å²) < 4.78 is 5.81. The molecule has 0 N–H and O–H groups in total. The number of hydrogen-bond acceptors (Lipinski definition) is 5. The number of aryl methyl sites for hydroxylation is 1. The summed E-state index contributed by atoms with van der Waals surface area (Å²) in [5, 5.41) is 10.9. The molecule has 2 heterocycles. The highest BCUT2D eigenvalue weighted by Crippen LogP contribution is 2.51. The Labute approximate surface area is 227 Å². The van der Waals surface area contributed by atoms with Gasteiger partial charge in [0.15, 0.2) is 5.69 Å².